The molecule has 0 saturated carbocycles. The zero-order chi connectivity index (χ0) is 13.7. The van der Waals surface area contributed by atoms with Crippen LogP contribution < -0.4 is 5.32 Å². The van der Waals surface area contributed by atoms with Gasteiger partial charge < -0.3 is 10.2 Å². The van der Waals surface area contributed by atoms with Crippen LogP contribution in [-0.4, -0.2) is 47.6 Å². The van der Waals surface area contributed by atoms with Crippen molar-refractivity contribution in [3.05, 3.63) is 23.8 Å². The van der Waals surface area contributed by atoms with E-state index in [-0.39, 0.29) is 5.41 Å². The highest BCUT2D eigenvalue weighted by atomic mass is 15.2. The summed E-state index contributed by atoms with van der Waals surface area (Å²) in [5.74, 6) is 0.988. The van der Waals surface area contributed by atoms with E-state index in [1.54, 1.807) is 0 Å². The van der Waals surface area contributed by atoms with Crippen LogP contribution in [-0.2, 0) is 11.8 Å². The Kier molecular flexibility index (Phi) is 4.88. The normalized spacial score (nSPS) is 17.6. The molecule has 0 unspecified atom stereocenters. The molecule has 0 aromatic carbocycles. The van der Waals surface area contributed by atoms with Crippen LogP contribution in [0.1, 0.15) is 38.7 Å². The first-order chi connectivity index (χ1) is 9.05. The fourth-order valence-electron chi connectivity index (χ4n) is 2.33. The van der Waals surface area contributed by atoms with Gasteiger partial charge in [-0.05, 0) is 19.0 Å². The highest BCUT2D eigenvalue weighted by Crippen LogP contribution is 2.19. The second-order valence-corrected chi connectivity index (χ2v) is 6.30. The fraction of sp³-hybridized carbons (Fsp3) is 0.733. The maximum absolute atomic E-state index is 4.68. The molecule has 1 N–H and O–H groups in total. The number of aryl methyl sites for hydroxylation is 1. The predicted octanol–water partition coefficient (Wildman–Crippen LogP) is 1.61. The summed E-state index contributed by atoms with van der Waals surface area (Å²) in [4.78, 5) is 11.6. The SMILES string of the molecule is CC(C)(C)c1ccnc(CCCN2CCNCC2)n1. The molecule has 0 amide bonds. The summed E-state index contributed by atoms with van der Waals surface area (Å²) in [6.07, 6.45) is 4.02. The highest BCUT2D eigenvalue weighted by Gasteiger charge is 2.16. The zero-order valence-electron chi connectivity index (χ0n) is 12.4. The van der Waals surface area contributed by atoms with Crippen molar-refractivity contribution in [2.24, 2.45) is 0 Å². The number of hydrogen-bond acceptors (Lipinski definition) is 4. The molecule has 0 bridgehead atoms. The van der Waals surface area contributed by atoms with Gasteiger partial charge in [0.15, 0.2) is 0 Å². The number of rotatable bonds is 4. The molecular weight excluding hydrogens is 236 g/mol. The van der Waals surface area contributed by atoms with Crippen molar-refractivity contribution in [2.75, 3.05) is 32.7 Å². The van der Waals surface area contributed by atoms with E-state index in [4.69, 9.17) is 0 Å². The third-order valence-corrected chi connectivity index (χ3v) is 3.56. The second-order valence-electron chi connectivity index (χ2n) is 6.30. The molecule has 1 aromatic heterocycles. The lowest BCUT2D eigenvalue weighted by molar-refractivity contribution is 0.238. The largest absolute Gasteiger partial charge is 0.314 e. The minimum atomic E-state index is 0.107. The van der Waals surface area contributed by atoms with Crippen LogP contribution in [0.15, 0.2) is 12.3 Å². The Morgan fingerprint density at radius 2 is 2.00 bits per heavy atom. The summed E-state index contributed by atoms with van der Waals surface area (Å²) < 4.78 is 0. The number of piperazine rings is 1. The molecule has 4 nitrogen and oxygen atoms in total. The van der Waals surface area contributed by atoms with Crippen molar-refractivity contribution < 1.29 is 0 Å². The average Bonchev–Trinajstić information content (AvgIpc) is 2.39. The van der Waals surface area contributed by atoms with Crippen LogP contribution >= 0.6 is 0 Å². The third-order valence-electron chi connectivity index (χ3n) is 3.56. The van der Waals surface area contributed by atoms with Gasteiger partial charge in [-0.1, -0.05) is 20.8 Å². The van der Waals surface area contributed by atoms with Crippen LogP contribution in [0.5, 0.6) is 0 Å². The van der Waals surface area contributed by atoms with Crippen LogP contribution in [0.2, 0.25) is 0 Å². The molecule has 1 saturated heterocycles. The first-order valence-electron chi connectivity index (χ1n) is 7.31. The van der Waals surface area contributed by atoms with Crippen molar-refractivity contribution in [3.8, 4) is 0 Å². The minimum absolute atomic E-state index is 0.107. The first-order valence-corrected chi connectivity index (χ1v) is 7.31. The summed E-state index contributed by atoms with van der Waals surface area (Å²) in [5.41, 5.74) is 1.25. The molecule has 0 radical (unpaired) electrons. The molecule has 0 aliphatic carbocycles. The molecular formula is C15H26N4. The molecule has 0 atom stereocenters. The van der Waals surface area contributed by atoms with E-state index in [0.29, 0.717) is 0 Å². The van der Waals surface area contributed by atoms with Crippen molar-refractivity contribution in [1.82, 2.24) is 20.2 Å². The van der Waals surface area contributed by atoms with E-state index in [2.05, 4.69) is 41.0 Å². The van der Waals surface area contributed by atoms with E-state index in [0.717, 1.165) is 44.0 Å². The van der Waals surface area contributed by atoms with Gasteiger partial charge in [-0.3, -0.25) is 0 Å². The molecule has 2 heterocycles. The van der Waals surface area contributed by atoms with Gasteiger partial charge in [0, 0.05) is 49.9 Å². The molecule has 19 heavy (non-hydrogen) atoms. The van der Waals surface area contributed by atoms with Crippen LogP contribution in [0, 0.1) is 0 Å². The van der Waals surface area contributed by atoms with E-state index in [1.165, 1.54) is 13.1 Å². The van der Waals surface area contributed by atoms with Crippen LogP contribution in [0.3, 0.4) is 0 Å². The summed E-state index contributed by atoms with van der Waals surface area (Å²) in [5, 5.41) is 3.38. The Labute approximate surface area is 116 Å². The van der Waals surface area contributed by atoms with Gasteiger partial charge in [0.05, 0.1) is 0 Å². The highest BCUT2D eigenvalue weighted by molar-refractivity contribution is 5.12. The lowest BCUT2D eigenvalue weighted by Gasteiger charge is -2.27. The van der Waals surface area contributed by atoms with Crippen molar-refractivity contribution >= 4 is 0 Å². The van der Waals surface area contributed by atoms with Gasteiger partial charge in [0.1, 0.15) is 5.82 Å². The number of nitrogens with one attached hydrogen (secondary N) is 1. The Morgan fingerprint density at radius 1 is 1.26 bits per heavy atom. The Morgan fingerprint density at radius 3 is 2.68 bits per heavy atom. The molecule has 1 aromatic rings. The van der Waals surface area contributed by atoms with Crippen LogP contribution in [0.25, 0.3) is 0 Å². The van der Waals surface area contributed by atoms with Gasteiger partial charge in [-0.2, -0.15) is 0 Å². The summed E-state index contributed by atoms with van der Waals surface area (Å²) in [6, 6.07) is 2.03. The smallest absolute Gasteiger partial charge is 0.128 e. The van der Waals surface area contributed by atoms with Gasteiger partial charge in [0.25, 0.3) is 0 Å². The number of aromatic nitrogens is 2. The average molecular weight is 262 g/mol. The minimum Gasteiger partial charge on any atom is -0.314 e. The topological polar surface area (TPSA) is 41.1 Å². The summed E-state index contributed by atoms with van der Waals surface area (Å²) in [7, 11) is 0. The molecule has 1 fully saturated rings. The molecule has 4 heteroatoms. The van der Waals surface area contributed by atoms with Crippen LogP contribution in [0.4, 0.5) is 0 Å². The van der Waals surface area contributed by atoms with Crippen molar-refractivity contribution in [2.45, 2.75) is 39.0 Å². The van der Waals surface area contributed by atoms with Crippen molar-refractivity contribution in [3.63, 3.8) is 0 Å². The standard InChI is InChI=1S/C15H26N4/c1-15(2,3)13-6-7-17-14(18-13)5-4-10-19-11-8-16-9-12-19/h6-7,16H,4-5,8-12H2,1-3H3. The molecule has 1 aliphatic heterocycles. The van der Waals surface area contributed by atoms with E-state index < -0.39 is 0 Å². The van der Waals surface area contributed by atoms with E-state index in [1.807, 2.05) is 12.3 Å². The summed E-state index contributed by atoms with van der Waals surface area (Å²) >= 11 is 0. The predicted molar refractivity (Wildman–Crippen MR) is 78.4 cm³/mol. The quantitative estimate of drug-likeness (QED) is 0.895. The molecule has 0 spiro atoms. The summed E-state index contributed by atoms with van der Waals surface area (Å²) in [6.45, 7) is 12.3. The maximum Gasteiger partial charge on any atom is 0.128 e. The van der Waals surface area contributed by atoms with E-state index >= 15 is 0 Å². The third kappa shape index (κ3) is 4.55. The van der Waals surface area contributed by atoms with Gasteiger partial charge in [-0.25, -0.2) is 9.97 Å². The fourth-order valence-corrected chi connectivity index (χ4v) is 2.33. The molecule has 2 rings (SSSR count). The van der Waals surface area contributed by atoms with Gasteiger partial charge >= 0.3 is 0 Å². The maximum atomic E-state index is 4.68. The lowest BCUT2D eigenvalue weighted by Crippen LogP contribution is -2.43. The monoisotopic (exact) mass is 262 g/mol. The second kappa shape index (κ2) is 6.44. The number of nitrogens with zero attached hydrogens (tertiary/aromatic N) is 3. The van der Waals surface area contributed by atoms with Gasteiger partial charge in [-0.15, -0.1) is 0 Å². The Bertz CT molecular complexity index is 391. The Hall–Kier alpha value is -1.00. The van der Waals surface area contributed by atoms with Gasteiger partial charge in [0.2, 0.25) is 0 Å². The molecule has 1 aliphatic rings. The van der Waals surface area contributed by atoms with Crippen molar-refractivity contribution in [1.29, 1.82) is 0 Å². The molecule has 106 valence electrons. The zero-order valence-corrected chi connectivity index (χ0v) is 12.4. The van der Waals surface area contributed by atoms with E-state index in [9.17, 15) is 0 Å². The first kappa shape index (κ1) is 14.4. The number of hydrogen-bond donors (Lipinski definition) is 1. The Balaban J connectivity index is 1.82. The lowest BCUT2D eigenvalue weighted by atomic mass is 9.92.